The number of benzene rings is 1. The molecule has 6 nitrogen and oxygen atoms in total. The van der Waals surface area contributed by atoms with Crippen molar-refractivity contribution in [3.8, 4) is 0 Å². The van der Waals surface area contributed by atoms with Crippen LogP contribution in [0.2, 0.25) is 0 Å². The summed E-state index contributed by atoms with van der Waals surface area (Å²) in [6.07, 6.45) is 2.84. The van der Waals surface area contributed by atoms with Crippen LogP contribution in [0, 0.1) is 6.92 Å². The Bertz CT molecular complexity index is 943. The number of primary amides is 1. The molecule has 4 rings (SSSR count). The van der Waals surface area contributed by atoms with Gasteiger partial charge in [-0.15, -0.1) is 5.10 Å². The first kappa shape index (κ1) is 16.3. The van der Waals surface area contributed by atoms with Crippen molar-refractivity contribution in [2.24, 2.45) is 5.73 Å². The Kier molecular flexibility index (Phi) is 4.16. The van der Waals surface area contributed by atoms with Crippen molar-refractivity contribution in [2.75, 3.05) is 5.32 Å². The molecule has 6 heteroatoms. The molecule has 132 valence electrons. The SMILES string of the molecule is Cc1ccc(Cc2c(Nc3ccc(C4CC4)nn3)cccc2C(N)=O)o1. The maximum Gasteiger partial charge on any atom is 0.249 e. The van der Waals surface area contributed by atoms with Crippen molar-refractivity contribution >= 4 is 17.4 Å². The number of aromatic nitrogens is 2. The van der Waals surface area contributed by atoms with Crippen molar-refractivity contribution in [3.63, 3.8) is 0 Å². The molecular weight excluding hydrogens is 328 g/mol. The lowest BCUT2D eigenvalue weighted by Crippen LogP contribution is -2.15. The summed E-state index contributed by atoms with van der Waals surface area (Å²) in [5.41, 5.74) is 8.62. The molecule has 1 aliphatic rings. The highest BCUT2D eigenvalue weighted by Crippen LogP contribution is 2.38. The van der Waals surface area contributed by atoms with Gasteiger partial charge >= 0.3 is 0 Å². The molecule has 1 aromatic carbocycles. The summed E-state index contributed by atoms with van der Waals surface area (Å²) >= 11 is 0. The maximum atomic E-state index is 11.9. The number of carbonyl (C=O) groups excluding carboxylic acids is 1. The summed E-state index contributed by atoms with van der Waals surface area (Å²) in [6.45, 7) is 1.89. The van der Waals surface area contributed by atoms with E-state index in [9.17, 15) is 4.79 Å². The van der Waals surface area contributed by atoms with Gasteiger partial charge in [0.15, 0.2) is 5.82 Å². The Hall–Kier alpha value is -3.15. The van der Waals surface area contributed by atoms with Crippen LogP contribution in [0.3, 0.4) is 0 Å². The smallest absolute Gasteiger partial charge is 0.249 e. The van der Waals surface area contributed by atoms with Crippen LogP contribution in [0.4, 0.5) is 11.5 Å². The van der Waals surface area contributed by atoms with Crippen molar-refractivity contribution in [2.45, 2.75) is 32.1 Å². The van der Waals surface area contributed by atoms with Crippen LogP contribution in [-0.2, 0) is 6.42 Å². The molecule has 0 atom stereocenters. The Morgan fingerprint density at radius 3 is 2.65 bits per heavy atom. The highest BCUT2D eigenvalue weighted by atomic mass is 16.3. The lowest BCUT2D eigenvalue weighted by Gasteiger charge is -2.14. The van der Waals surface area contributed by atoms with Crippen LogP contribution in [0.15, 0.2) is 46.9 Å². The molecular formula is C20H20N4O2. The van der Waals surface area contributed by atoms with Gasteiger partial charge in [-0.25, -0.2) is 0 Å². The van der Waals surface area contributed by atoms with Crippen molar-refractivity contribution < 1.29 is 9.21 Å². The van der Waals surface area contributed by atoms with E-state index in [1.54, 1.807) is 12.1 Å². The summed E-state index contributed by atoms with van der Waals surface area (Å²) in [5.74, 6) is 2.32. The van der Waals surface area contributed by atoms with Crippen LogP contribution in [0.1, 0.15) is 51.9 Å². The minimum Gasteiger partial charge on any atom is -0.466 e. The van der Waals surface area contributed by atoms with Gasteiger partial charge in [0.25, 0.3) is 0 Å². The third kappa shape index (κ3) is 3.44. The van der Waals surface area contributed by atoms with Gasteiger partial charge in [0.1, 0.15) is 11.5 Å². The molecule has 2 heterocycles. The molecule has 0 spiro atoms. The second kappa shape index (κ2) is 6.63. The molecule has 26 heavy (non-hydrogen) atoms. The van der Waals surface area contributed by atoms with Crippen LogP contribution < -0.4 is 11.1 Å². The molecule has 3 N–H and O–H groups in total. The van der Waals surface area contributed by atoms with E-state index < -0.39 is 5.91 Å². The lowest BCUT2D eigenvalue weighted by molar-refractivity contribution is 0.0999. The van der Waals surface area contributed by atoms with E-state index >= 15 is 0 Å². The number of nitrogens with zero attached hydrogens (tertiary/aromatic N) is 2. The predicted molar refractivity (Wildman–Crippen MR) is 98.5 cm³/mol. The first-order valence-electron chi connectivity index (χ1n) is 8.68. The number of hydrogen-bond donors (Lipinski definition) is 2. The summed E-state index contributed by atoms with van der Waals surface area (Å²) in [7, 11) is 0. The average molecular weight is 348 g/mol. The molecule has 1 fully saturated rings. The quantitative estimate of drug-likeness (QED) is 0.708. The number of carbonyl (C=O) groups is 1. The minimum atomic E-state index is -0.470. The molecule has 2 aromatic heterocycles. The van der Waals surface area contributed by atoms with E-state index in [4.69, 9.17) is 10.2 Å². The molecule has 0 radical (unpaired) electrons. The number of nitrogens with one attached hydrogen (secondary N) is 1. The summed E-state index contributed by atoms with van der Waals surface area (Å²) in [6, 6.07) is 13.1. The third-order valence-corrected chi connectivity index (χ3v) is 4.53. The zero-order chi connectivity index (χ0) is 18.1. The van der Waals surface area contributed by atoms with E-state index in [1.165, 1.54) is 12.8 Å². The zero-order valence-corrected chi connectivity index (χ0v) is 14.5. The monoisotopic (exact) mass is 348 g/mol. The van der Waals surface area contributed by atoms with Crippen molar-refractivity contribution in [1.29, 1.82) is 0 Å². The Morgan fingerprint density at radius 2 is 2.04 bits per heavy atom. The molecule has 1 aliphatic carbocycles. The number of nitrogens with two attached hydrogens (primary N) is 1. The second-order valence-corrected chi connectivity index (χ2v) is 6.63. The standard InChI is InChI=1S/C20H20N4O2/c1-12-5-8-14(26-12)11-16-15(20(21)25)3-2-4-18(16)22-19-10-9-17(23-24-19)13-6-7-13/h2-5,8-10,13H,6-7,11H2,1H3,(H2,21,25)(H,22,24). The van der Waals surface area contributed by atoms with Gasteiger partial charge in [-0.05, 0) is 61.7 Å². The third-order valence-electron chi connectivity index (χ3n) is 4.53. The molecule has 0 bridgehead atoms. The lowest BCUT2D eigenvalue weighted by atomic mass is 10.0. The molecule has 1 amide bonds. The van der Waals surface area contributed by atoms with Gasteiger partial charge in [-0.1, -0.05) is 6.07 Å². The fourth-order valence-electron chi connectivity index (χ4n) is 3.02. The Balaban J connectivity index is 1.65. The number of aryl methyl sites for hydroxylation is 1. The van der Waals surface area contributed by atoms with E-state index in [1.807, 2.05) is 37.3 Å². The first-order chi connectivity index (χ1) is 12.6. The fourth-order valence-corrected chi connectivity index (χ4v) is 3.02. The summed E-state index contributed by atoms with van der Waals surface area (Å²) < 4.78 is 5.67. The van der Waals surface area contributed by atoms with E-state index in [-0.39, 0.29) is 0 Å². The van der Waals surface area contributed by atoms with Crippen LogP contribution in [0.25, 0.3) is 0 Å². The number of furan rings is 1. The molecule has 3 aromatic rings. The molecule has 0 saturated heterocycles. The van der Waals surface area contributed by atoms with Gasteiger partial charge in [0.05, 0.1) is 5.69 Å². The van der Waals surface area contributed by atoms with Crippen LogP contribution >= 0.6 is 0 Å². The van der Waals surface area contributed by atoms with Gasteiger partial charge in [-0.3, -0.25) is 4.79 Å². The van der Waals surface area contributed by atoms with Gasteiger partial charge in [0.2, 0.25) is 5.91 Å². The van der Waals surface area contributed by atoms with Gasteiger partial charge in [0, 0.05) is 23.6 Å². The largest absolute Gasteiger partial charge is 0.466 e. The van der Waals surface area contributed by atoms with Crippen LogP contribution in [0.5, 0.6) is 0 Å². The first-order valence-corrected chi connectivity index (χ1v) is 8.68. The average Bonchev–Trinajstić information content (AvgIpc) is 3.39. The van der Waals surface area contributed by atoms with Crippen molar-refractivity contribution in [3.05, 3.63) is 70.8 Å². The fraction of sp³-hybridized carbons (Fsp3) is 0.250. The van der Waals surface area contributed by atoms with Gasteiger partial charge in [-0.2, -0.15) is 5.10 Å². The van der Waals surface area contributed by atoms with Crippen molar-refractivity contribution in [1.82, 2.24) is 10.2 Å². The van der Waals surface area contributed by atoms with Crippen LogP contribution in [-0.4, -0.2) is 16.1 Å². The van der Waals surface area contributed by atoms with Gasteiger partial charge < -0.3 is 15.5 Å². The number of amides is 1. The molecule has 0 unspecified atom stereocenters. The topological polar surface area (TPSA) is 94.0 Å². The minimum absolute atomic E-state index is 0.461. The molecule has 0 aliphatic heterocycles. The Morgan fingerprint density at radius 1 is 1.19 bits per heavy atom. The number of anilines is 2. The highest BCUT2D eigenvalue weighted by Gasteiger charge is 2.25. The van der Waals surface area contributed by atoms with E-state index in [2.05, 4.69) is 15.5 Å². The molecule has 1 saturated carbocycles. The number of rotatable bonds is 6. The summed E-state index contributed by atoms with van der Waals surface area (Å²) in [4.78, 5) is 11.9. The highest BCUT2D eigenvalue weighted by molar-refractivity contribution is 5.96. The predicted octanol–water partition coefficient (Wildman–Crippen LogP) is 3.69. The van der Waals surface area contributed by atoms with E-state index in [0.717, 1.165) is 28.5 Å². The maximum absolute atomic E-state index is 11.9. The summed E-state index contributed by atoms with van der Waals surface area (Å²) in [5, 5.41) is 11.8. The zero-order valence-electron chi connectivity index (χ0n) is 14.5. The normalized spacial score (nSPS) is 13.6. The number of hydrogen-bond acceptors (Lipinski definition) is 5. The van der Waals surface area contributed by atoms with E-state index in [0.29, 0.717) is 23.7 Å². The Labute approximate surface area is 151 Å². The second-order valence-electron chi connectivity index (χ2n) is 6.63.